The first-order valence-electron chi connectivity index (χ1n) is 6.89. The number of aliphatic hydroxyl groups is 1. The number of aldehydes is 1. The van der Waals surface area contributed by atoms with Crippen molar-refractivity contribution in [2.45, 2.75) is 37.8 Å². The Morgan fingerprint density at radius 2 is 2.32 bits per heavy atom. The summed E-state index contributed by atoms with van der Waals surface area (Å²) in [5, 5.41) is 9.53. The van der Waals surface area contributed by atoms with E-state index in [1.54, 1.807) is 12.5 Å². The average Bonchev–Trinajstić information content (AvgIpc) is 2.99. The summed E-state index contributed by atoms with van der Waals surface area (Å²) >= 11 is 0. The summed E-state index contributed by atoms with van der Waals surface area (Å²) in [6.45, 7) is 0.226. The maximum absolute atomic E-state index is 11.0. The van der Waals surface area contributed by atoms with Gasteiger partial charge in [0.25, 0.3) is 0 Å². The molecule has 2 aliphatic heterocycles. The van der Waals surface area contributed by atoms with Crippen molar-refractivity contribution in [3.63, 3.8) is 0 Å². The van der Waals surface area contributed by atoms with Crippen molar-refractivity contribution < 1.29 is 14.3 Å². The Balaban J connectivity index is 1.92. The fourth-order valence-corrected chi connectivity index (χ4v) is 3.43. The average molecular weight is 261 g/mol. The number of furan rings is 1. The zero-order valence-electron chi connectivity index (χ0n) is 10.9. The molecule has 4 nitrogen and oxygen atoms in total. The third-order valence-electron chi connectivity index (χ3n) is 4.46. The molecule has 1 fully saturated rings. The fourth-order valence-electron chi connectivity index (χ4n) is 3.43. The minimum Gasteiger partial charge on any atom is -0.472 e. The van der Waals surface area contributed by atoms with E-state index in [1.165, 1.54) is 0 Å². The number of carbonyl (C=O) groups is 1. The maximum Gasteiger partial charge on any atom is 0.147 e. The van der Waals surface area contributed by atoms with E-state index in [1.807, 2.05) is 12.3 Å². The second kappa shape index (κ2) is 5.21. The van der Waals surface area contributed by atoms with Gasteiger partial charge in [-0.2, -0.15) is 0 Å². The number of hydrogen-bond donors (Lipinski definition) is 1. The fraction of sp³-hybridized carbons (Fsp3) is 0.533. The molecule has 3 heterocycles. The molecule has 0 spiro atoms. The maximum atomic E-state index is 11.0. The van der Waals surface area contributed by atoms with E-state index < -0.39 is 0 Å². The van der Waals surface area contributed by atoms with Crippen LogP contribution in [0.1, 0.15) is 37.3 Å². The summed E-state index contributed by atoms with van der Waals surface area (Å²) < 4.78 is 5.19. The molecular weight excluding hydrogens is 242 g/mol. The summed E-state index contributed by atoms with van der Waals surface area (Å²) in [5.74, 6) is 0.313. The zero-order valence-corrected chi connectivity index (χ0v) is 10.9. The molecule has 0 bridgehead atoms. The molecule has 0 unspecified atom stereocenters. The summed E-state index contributed by atoms with van der Waals surface area (Å²) in [7, 11) is 0. The highest BCUT2D eigenvalue weighted by Crippen LogP contribution is 2.41. The van der Waals surface area contributed by atoms with E-state index >= 15 is 0 Å². The lowest BCUT2D eigenvalue weighted by atomic mass is 9.80. The predicted octanol–water partition coefficient (Wildman–Crippen LogP) is 2.27. The van der Waals surface area contributed by atoms with Gasteiger partial charge in [-0.25, -0.2) is 0 Å². The van der Waals surface area contributed by atoms with Crippen LogP contribution in [0.5, 0.6) is 0 Å². The zero-order chi connectivity index (χ0) is 13.2. The second-order valence-electron chi connectivity index (χ2n) is 5.47. The Morgan fingerprint density at radius 1 is 1.42 bits per heavy atom. The monoisotopic (exact) mass is 261 g/mol. The van der Waals surface area contributed by atoms with Crippen LogP contribution >= 0.6 is 0 Å². The molecule has 0 aliphatic carbocycles. The number of fused-ring (bicyclic) bond motifs is 1. The Morgan fingerprint density at radius 3 is 3.00 bits per heavy atom. The van der Waals surface area contributed by atoms with Crippen LogP contribution in [0.3, 0.4) is 0 Å². The van der Waals surface area contributed by atoms with E-state index in [-0.39, 0.29) is 12.6 Å². The largest absolute Gasteiger partial charge is 0.472 e. The van der Waals surface area contributed by atoms with Gasteiger partial charge in [0.05, 0.1) is 18.6 Å². The van der Waals surface area contributed by atoms with Gasteiger partial charge in [-0.3, -0.25) is 4.79 Å². The second-order valence-corrected chi connectivity index (χ2v) is 5.47. The molecule has 2 aliphatic rings. The van der Waals surface area contributed by atoms with Crippen LogP contribution in [0.2, 0.25) is 0 Å². The lowest BCUT2D eigenvalue weighted by molar-refractivity contribution is -0.105. The van der Waals surface area contributed by atoms with Crippen LogP contribution in [-0.2, 0) is 4.79 Å². The predicted molar refractivity (Wildman–Crippen MR) is 70.3 cm³/mol. The number of carbonyl (C=O) groups excluding carboxylic acids is 1. The number of aliphatic hydroxyl groups excluding tert-OH is 1. The van der Waals surface area contributed by atoms with Crippen LogP contribution < -0.4 is 0 Å². The highest BCUT2D eigenvalue weighted by Gasteiger charge is 2.38. The number of piperidine rings is 1. The molecule has 0 aromatic carbocycles. The Labute approximate surface area is 112 Å². The van der Waals surface area contributed by atoms with Gasteiger partial charge < -0.3 is 14.4 Å². The van der Waals surface area contributed by atoms with Crippen LogP contribution in [-0.4, -0.2) is 28.9 Å². The summed E-state index contributed by atoms with van der Waals surface area (Å²) in [4.78, 5) is 13.3. The van der Waals surface area contributed by atoms with Gasteiger partial charge in [-0.05, 0) is 31.7 Å². The van der Waals surface area contributed by atoms with Crippen molar-refractivity contribution in [2.75, 3.05) is 6.61 Å². The Bertz CT molecular complexity index is 466. The third kappa shape index (κ3) is 2.21. The molecule has 0 amide bonds. The third-order valence-corrected chi connectivity index (χ3v) is 4.46. The van der Waals surface area contributed by atoms with Crippen LogP contribution in [0, 0.1) is 5.92 Å². The Kier molecular flexibility index (Phi) is 3.42. The summed E-state index contributed by atoms with van der Waals surface area (Å²) in [6, 6.07) is 2.59. The molecule has 19 heavy (non-hydrogen) atoms. The molecule has 1 aromatic heterocycles. The molecule has 0 radical (unpaired) electrons. The Hall–Kier alpha value is -1.55. The van der Waals surface area contributed by atoms with Crippen LogP contribution in [0.15, 0.2) is 34.8 Å². The van der Waals surface area contributed by atoms with Crippen molar-refractivity contribution in [1.29, 1.82) is 0 Å². The molecule has 3 atom stereocenters. The standard InChI is InChI=1S/C15H19NO3/c17-8-11-1-3-14-12(9-18)2-4-15(16(14)7-11)13-5-6-19-10-13/h5-8,10,12,14-15,18H,1-4,9H2/t12-,14-,15-/m0/s1. The van der Waals surface area contributed by atoms with Gasteiger partial charge in [0.15, 0.2) is 0 Å². The topological polar surface area (TPSA) is 53.7 Å². The van der Waals surface area contributed by atoms with Gasteiger partial charge in [0, 0.05) is 35.9 Å². The lowest BCUT2D eigenvalue weighted by Crippen LogP contribution is -2.47. The molecule has 1 saturated heterocycles. The van der Waals surface area contributed by atoms with Gasteiger partial charge in [0.1, 0.15) is 6.29 Å². The normalized spacial score (nSPS) is 30.7. The number of hydrogen-bond acceptors (Lipinski definition) is 4. The van der Waals surface area contributed by atoms with Crippen molar-refractivity contribution in [3.8, 4) is 0 Å². The first-order chi connectivity index (χ1) is 9.33. The van der Waals surface area contributed by atoms with Crippen molar-refractivity contribution in [2.24, 2.45) is 5.92 Å². The number of allylic oxidation sites excluding steroid dienone is 1. The molecule has 3 rings (SSSR count). The summed E-state index contributed by atoms with van der Waals surface area (Å²) in [6.07, 6.45) is 10.2. The van der Waals surface area contributed by atoms with Gasteiger partial charge in [0.2, 0.25) is 0 Å². The highest BCUT2D eigenvalue weighted by molar-refractivity contribution is 5.73. The minimum absolute atomic E-state index is 0.226. The van der Waals surface area contributed by atoms with E-state index in [4.69, 9.17) is 4.42 Å². The lowest BCUT2D eigenvalue weighted by Gasteiger charge is -2.47. The molecule has 1 N–H and O–H groups in total. The molecule has 0 saturated carbocycles. The first kappa shape index (κ1) is 12.5. The van der Waals surface area contributed by atoms with Gasteiger partial charge in [-0.1, -0.05) is 0 Å². The van der Waals surface area contributed by atoms with E-state index in [0.717, 1.165) is 43.1 Å². The van der Waals surface area contributed by atoms with Crippen molar-refractivity contribution in [3.05, 3.63) is 35.9 Å². The van der Waals surface area contributed by atoms with Crippen molar-refractivity contribution in [1.82, 2.24) is 4.90 Å². The number of rotatable bonds is 3. The highest BCUT2D eigenvalue weighted by atomic mass is 16.3. The molecule has 4 heteroatoms. The van der Waals surface area contributed by atoms with E-state index in [2.05, 4.69) is 4.90 Å². The minimum atomic E-state index is 0.226. The smallest absolute Gasteiger partial charge is 0.147 e. The SMILES string of the molecule is O=CC1=CN2[C@H](c3ccoc3)CC[C@@H](CO)[C@@H]2CC1. The molecule has 102 valence electrons. The van der Waals surface area contributed by atoms with Crippen molar-refractivity contribution >= 4 is 6.29 Å². The quantitative estimate of drug-likeness (QED) is 0.848. The van der Waals surface area contributed by atoms with Crippen LogP contribution in [0.25, 0.3) is 0 Å². The molecule has 1 aromatic rings. The first-order valence-corrected chi connectivity index (χ1v) is 6.89. The van der Waals surface area contributed by atoms with Crippen LogP contribution in [0.4, 0.5) is 0 Å². The molecular formula is C15H19NO3. The van der Waals surface area contributed by atoms with Gasteiger partial charge >= 0.3 is 0 Å². The number of nitrogens with zero attached hydrogens (tertiary/aromatic N) is 1. The van der Waals surface area contributed by atoms with E-state index in [0.29, 0.717) is 12.0 Å². The van der Waals surface area contributed by atoms with E-state index in [9.17, 15) is 9.90 Å². The summed E-state index contributed by atoms with van der Waals surface area (Å²) in [5.41, 5.74) is 2.01. The van der Waals surface area contributed by atoms with Gasteiger partial charge in [-0.15, -0.1) is 0 Å².